The number of alkyl halides is 1. The van der Waals surface area contributed by atoms with E-state index in [1.807, 2.05) is 32.6 Å². The summed E-state index contributed by atoms with van der Waals surface area (Å²) in [6, 6.07) is 0. The first-order valence-corrected chi connectivity index (χ1v) is 10.3. The van der Waals surface area contributed by atoms with Crippen molar-refractivity contribution in [3.63, 3.8) is 0 Å². The number of nitrogens with zero attached hydrogens (tertiary/aromatic N) is 3. The molecule has 0 radical (unpaired) electrons. The highest BCUT2D eigenvalue weighted by atomic mass is 35.5. The first-order valence-electron chi connectivity index (χ1n) is 8.90. The highest BCUT2D eigenvalue weighted by Gasteiger charge is 2.51. The summed E-state index contributed by atoms with van der Waals surface area (Å²) >= 11 is 7.27. The van der Waals surface area contributed by atoms with Crippen LogP contribution in [-0.2, 0) is 14.1 Å². The van der Waals surface area contributed by atoms with Gasteiger partial charge in [0.1, 0.15) is 5.88 Å². The van der Waals surface area contributed by atoms with Crippen molar-refractivity contribution in [2.45, 2.75) is 62.1 Å². The lowest BCUT2D eigenvalue weighted by molar-refractivity contribution is -0.129. The summed E-state index contributed by atoms with van der Waals surface area (Å²) in [4.78, 5) is 22.5. The summed E-state index contributed by atoms with van der Waals surface area (Å²) in [6.07, 6.45) is 5.55. The summed E-state index contributed by atoms with van der Waals surface area (Å²) in [7, 11) is -0.453. The minimum Gasteiger partial charge on any atom is -0.399 e. The monoisotopic (exact) mass is 397 g/mol. The summed E-state index contributed by atoms with van der Waals surface area (Å²) in [5, 5.41) is 0.994. The quantitative estimate of drug-likeness (QED) is 0.440. The van der Waals surface area contributed by atoms with E-state index in [0.717, 1.165) is 24.8 Å². The standard InChI is InChI=1S/C17H25BClN3O3S/c1-16(2)17(3,4)25-18(24-16)12-9-20-15(21-10-12)26-13-6-5-7-22(11-13)14(23)8-19/h9-10,13H,5-8,11H2,1-4H3/t13-/m0/s1. The van der Waals surface area contributed by atoms with Gasteiger partial charge >= 0.3 is 7.12 Å². The van der Waals surface area contributed by atoms with Crippen LogP contribution >= 0.6 is 23.4 Å². The number of hydrogen-bond acceptors (Lipinski definition) is 6. The van der Waals surface area contributed by atoms with Gasteiger partial charge in [0, 0.05) is 36.2 Å². The maximum atomic E-state index is 11.8. The average Bonchev–Trinajstić information content (AvgIpc) is 2.83. The lowest BCUT2D eigenvalue weighted by Crippen LogP contribution is -2.41. The Morgan fingerprint density at radius 1 is 1.31 bits per heavy atom. The fourth-order valence-electron chi connectivity index (χ4n) is 2.98. The van der Waals surface area contributed by atoms with Gasteiger partial charge in [-0.05, 0) is 40.5 Å². The topological polar surface area (TPSA) is 64.5 Å². The highest BCUT2D eigenvalue weighted by molar-refractivity contribution is 7.99. The van der Waals surface area contributed by atoms with E-state index in [0.29, 0.717) is 17.0 Å². The van der Waals surface area contributed by atoms with Crippen molar-refractivity contribution in [2.24, 2.45) is 0 Å². The van der Waals surface area contributed by atoms with Gasteiger partial charge in [-0.1, -0.05) is 11.8 Å². The van der Waals surface area contributed by atoms with Crippen LogP contribution in [0.15, 0.2) is 17.6 Å². The zero-order valence-electron chi connectivity index (χ0n) is 15.7. The van der Waals surface area contributed by atoms with Crippen molar-refractivity contribution >= 4 is 41.9 Å². The van der Waals surface area contributed by atoms with Crippen molar-refractivity contribution in [3.8, 4) is 0 Å². The maximum Gasteiger partial charge on any atom is 0.498 e. The van der Waals surface area contributed by atoms with Gasteiger partial charge in [0.2, 0.25) is 5.91 Å². The smallest absolute Gasteiger partial charge is 0.399 e. The molecule has 0 spiro atoms. The van der Waals surface area contributed by atoms with E-state index in [9.17, 15) is 4.79 Å². The van der Waals surface area contributed by atoms with Crippen molar-refractivity contribution in [3.05, 3.63) is 12.4 Å². The molecule has 0 saturated carbocycles. The summed E-state index contributed by atoms with van der Waals surface area (Å²) < 4.78 is 12.1. The Kier molecular flexibility index (Phi) is 5.87. The third kappa shape index (κ3) is 4.19. The zero-order valence-corrected chi connectivity index (χ0v) is 17.3. The predicted octanol–water partition coefficient (Wildman–Crippen LogP) is 2.10. The van der Waals surface area contributed by atoms with Crippen LogP contribution in [0.2, 0.25) is 0 Å². The van der Waals surface area contributed by atoms with Gasteiger partial charge in [0.25, 0.3) is 0 Å². The number of rotatable bonds is 4. The second-order valence-electron chi connectivity index (χ2n) is 7.74. The Bertz CT molecular complexity index is 643. The predicted molar refractivity (Wildman–Crippen MR) is 104 cm³/mol. The Morgan fingerprint density at radius 2 is 1.92 bits per heavy atom. The van der Waals surface area contributed by atoms with Gasteiger partial charge in [0.15, 0.2) is 5.16 Å². The molecule has 1 amide bonds. The second-order valence-corrected chi connectivity index (χ2v) is 9.28. The molecule has 0 N–H and O–H groups in total. The van der Waals surface area contributed by atoms with Crippen LogP contribution in [0.1, 0.15) is 40.5 Å². The normalized spacial score (nSPS) is 24.7. The molecule has 9 heteroatoms. The molecule has 2 aliphatic heterocycles. The van der Waals surface area contributed by atoms with E-state index >= 15 is 0 Å². The number of halogens is 1. The second kappa shape index (κ2) is 7.66. The first kappa shape index (κ1) is 19.9. The Balaban J connectivity index is 1.61. The van der Waals surface area contributed by atoms with E-state index in [-0.39, 0.29) is 23.0 Å². The number of thioether (sulfide) groups is 1. The number of aromatic nitrogens is 2. The van der Waals surface area contributed by atoms with Crippen molar-refractivity contribution in [1.29, 1.82) is 0 Å². The van der Waals surface area contributed by atoms with E-state index < -0.39 is 7.12 Å². The number of carbonyl (C=O) groups is 1. The van der Waals surface area contributed by atoms with Crippen molar-refractivity contribution in [1.82, 2.24) is 14.9 Å². The fraction of sp³-hybridized carbons (Fsp3) is 0.706. The fourth-order valence-corrected chi connectivity index (χ4v) is 4.22. The van der Waals surface area contributed by atoms with Gasteiger partial charge in [-0.3, -0.25) is 4.79 Å². The van der Waals surface area contributed by atoms with Gasteiger partial charge in [0.05, 0.1) is 11.2 Å². The van der Waals surface area contributed by atoms with Crippen molar-refractivity contribution in [2.75, 3.05) is 19.0 Å². The van der Waals surface area contributed by atoms with Crippen LogP contribution in [0.25, 0.3) is 0 Å². The number of likely N-dealkylation sites (tertiary alicyclic amines) is 1. The molecule has 2 fully saturated rings. The highest BCUT2D eigenvalue weighted by Crippen LogP contribution is 2.36. The largest absolute Gasteiger partial charge is 0.498 e. The van der Waals surface area contributed by atoms with Gasteiger partial charge in [-0.25, -0.2) is 9.97 Å². The molecule has 0 bridgehead atoms. The van der Waals surface area contributed by atoms with Crippen LogP contribution in [0.3, 0.4) is 0 Å². The molecule has 2 saturated heterocycles. The van der Waals surface area contributed by atoms with Crippen molar-refractivity contribution < 1.29 is 14.1 Å². The minimum atomic E-state index is -0.453. The molecular weight excluding hydrogens is 373 g/mol. The van der Waals surface area contributed by atoms with Gasteiger partial charge < -0.3 is 14.2 Å². The molecule has 0 aromatic carbocycles. The van der Waals surface area contributed by atoms with E-state index in [4.69, 9.17) is 20.9 Å². The molecule has 26 heavy (non-hydrogen) atoms. The van der Waals surface area contributed by atoms with Crippen LogP contribution < -0.4 is 5.46 Å². The lowest BCUT2D eigenvalue weighted by atomic mass is 9.81. The van der Waals surface area contributed by atoms with E-state index in [1.54, 1.807) is 24.2 Å². The third-order valence-electron chi connectivity index (χ3n) is 5.29. The van der Waals surface area contributed by atoms with Crippen LogP contribution in [0, 0.1) is 0 Å². The summed E-state index contributed by atoms with van der Waals surface area (Å²) in [6.45, 7) is 9.57. The van der Waals surface area contributed by atoms with Gasteiger partial charge in [-0.15, -0.1) is 11.6 Å². The zero-order chi connectivity index (χ0) is 18.9. The molecule has 1 aromatic rings. The van der Waals surface area contributed by atoms with E-state index in [1.165, 1.54) is 0 Å². The molecule has 6 nitrogen and oxygen atoms in total. The van der Waals surface area contributed by atoms with E-state index in [2.05, 4.69) is 9.97 Å². The molecule has 142 valence electrons. The molecular formula is C17H25BClN3O3S. The number of amides is 1. The molecule has 0 aliphatic carbocycles. The molecule has 2 aliphatic rings. The molecule has 1 aromatic heterocycles. The van der Waals surface area contributed by atoms with Crippen LogP contribution in [0.4, 0.5) is 0 Å². The molecule has 1 atom stereocenters. The molecule has 0 unspecified atom stereocenters. The maximum absolute atomic E-state index is 11.8. The Hall–Kier alpha value is -0.825. The Labute approximate surface area is 164 Å². The Morgan fingerprint density at radius 3 is 2.50 bits per heavy atom. The third-order valence-corrected chi connectivity index (χ3v) is 6.66. The number of piperidine rings is 1. The average molecular weight is 398 g/mol. The first-order chi connectivity index (χ1) is 12.2. The van der Waals surface area contributed by atoms with Crippen LogP contribution in [-0.4, -0.2) is 63.3 Å². The number of carbonyl (C=O) groups excluding carboxylic acids is 1. The minimum absolute atomic E-state index is 0.00556. The van der Waals surface area contributed by atoms with Crippen LogP contribution in [0.5, 0.6) is 0 Å². The summed E-state index contributed by atoms with van der Waals surface area (Å²) in [5.41, 5.74) is 0.0487. The lowest BCUT2D eigenvalue weighted by Gasteiger charge is -2.32. The SMILES string of the molecule is CC1(C)OB(c2cnc(S[C@H]3CCCN(C(=O)CCl)C3)nc2)OC1(C)C. The number of hydrogen-bond donors (Lipinski definition) is 0. The summed E-state index contributed by atoms with van der Waals surface area (Å²) in [5.74, 6) is 0.0328. The van der Waals surface area contributed by atoms with Gasteiger partial charge in [-0.2, -0.15) is 0 Å². The molecule has 3 rings (SSSR count). The molecule has 3 heterocycles.